The minimum absolute atomic E-state index is 0.0110. The van der Waals surface area contributed by atoms with Crippen molar-refractivity contribution in [1.82, 2.24) is 10.2 Å². The van der Waals surface area contributed by atoms with Crippen molar-refractivity contribution < 1.29 is 14.3 Å². The van der Waals surface area contributed by atoms with Gasteiger partial charge in [0.1, 0.15) is 6.04 Å². The van der Waals surface area contributed by atoms with Crippen LogP contribution in [0.2, 0.25) is 0 Å². The van der Waals surface area contributed by atoms with Crippen LogP contribution >= 0.6 is 0 Å². The number of nitrogens with zero attached hydrogens (tertiary/aromatic N) is 1. The van der Waals surface area contributed by atoms with Gasteiger partial charge in [0, 0.05) is 19.5 Å². The first-order chi connectivity index (χ1) is 11.2. The molecule has 1 aromatic carbocycles. The van der Waals surface area contributed by atoms with E-state index in [1.165, 1.54) is 5.56 Å². The molecule has 23 heavy (non-hydrogen) atoms. The van der Waals surface area contributed by atoms with Crippen LogP contribution in [0.5, 0.6) is 0 Å². The molecule has 2 fully saturated rings. The predicted molar refractivity (Wildman–Crippen MR) is 86.6 cm³/mol. The number of piperidine rings is 1. The third-order valence-corrected chi connectivity index (χ3v) is 4.59. The summed E-state index contributed by atoms with van der Waals surface area (Å²) in [4.78, 5) is 25.6. The minimum Gasteiger partial charge on any atom is -0.376 e. The Balaban J connectivity index is 1.44. The van der Waals surface area contributed by atoms with E-state index >= 15 is 0 Å². The van der Waals surface area contributed by atoms with Gasteiger partial charge >= 0.3 is 0 Å². The Labute approximate surface area is 137 Å². The Morgan fingerprint density at radius 1 is 1.26 bits per heavy atom. The summed E-state index contributed by atoms with van der Waals surface area (Å²) < 4.78 is 5.82. The number of carbonyl (C=O) groups excluding carboxylic acids is 2. The molecule has 1 N–H and O–H groups in total. The fourth-order valence-corrected chi connectivity index (χ4v) is 3.34. The first-order valence-corrected chi connectivity index (χ1v) is 8.42. The molecule has 0 aromatic heterocycles. The molecule has 2 heterocycles. The van der Waals surface area contributed by atoms with Gasteiger partial charge in [-0.2, -0.15) is 0 Å². The summed E-state index contributed by atoms with van der Waals surface area (Å²) in [5.41, 5.74) is 1.17. The minimum atomic E-state index is -0.313. The molecule has 0 radical (unpaired) electrons. The molecule has 2 unspecified atom stereocenters. The Morgan fingerprint density at radius 2 is 2.09 bits per heavy atom. The van der Waals surface area contributed by atoms with Crippen molar-refractivity contribution in [3.63, 3.8) is 0 Å². The zero-order valence-corrected chi connectivity index (χ0v) is 13.4. The number of hydrogen-bond acceptors (Lipinski definition) is 3. The van der Waals surface area contributed by atoms with Crippen LogP contribution in [0.4, 0.5) is 0 Å². The highest BCUT2D eigenvalue weighted by molar-refractivity contribution is 5.90. The van der Waals surface area contributed by atoms with Crippen molar-refractivity contribution in [1.29, 1.82) is 0 Å². The Bertz CT molecular complexity index is 546. The van der Waals surface area contributed by atoms with E-state index in [1.807, 2.05) is 23.1 Å². The topological polar surface area (TPSA) is 58.6 Å². The van der Waals surface area contributed by atoms with Crippen LogP contribution in [0.3, 0.4) is 0 Å². The van der Waals surface area contributed by atoms with Gasteiger partial charge in [0.25, 0.3) is 0 Å². The predicted octanol–water partition coefficient (Wildman–Crippen LogP) is 1.72. The number of hydrogen-bond donors (Lipinski definition) is 1. The maximum Gasteiger partial charge on any atom is 0.245 e. The van der Waals surface area contributed by atoms with Crippen molar-refractivity contribution in [2.75, 3.05) is 19.7 Å². The van der Waals surface area contributed by atoms with Crippen LogP contribution < -0.4 is 5.32 Å². The summed E-state index contributed by atoms with van der Waals surface area (Å²) >= 11 is 0. The quantitative estimate of drug-likeness (QED) is 0.900. The highest BCUT2D eigenvalue weighted by Gasteiger charge is 2.33. The van der Waals surface area contributed by atoms with Gasteiger partial charge in [0.2, 0.25) is 11.8 Å². The average molecular weight is 316 g/mol. The lowest BCUT2D eigenvalue weighted by molar-refractivity contribution is -0.136. The van der Waals surface area contributed by atoms with E-state index in [4.69, 9.17) is 4.74 Å². The molecule has 0 spiro atoms. The first-order valence-electron chi connectivity index (χ1n) is 8.42. The Morgan fingerprint density at radius 3 is 2.83 bits per heavy atom. The van der Waals surface area contributed by atoms with Crippen LogP contribution in [0.1, 0.15) is 31.2 Å². The van der Waals surface area contributed by atoms with Gasteiger partial charge in [-0.3, -0.25) is 9.59 Å². The van der Waals surface area contributed by atoms with Gasteiger partial charge in [0.05, 0.1) is 13.2 Å². The molecule has 5 nitrogen and oxygen atoms in total. The van der Waals surface area contributed by atoms with Crippen LogP contribution in [0.25, 0.3) is 0 Å². The van der Waals surface area contributed by atoms with E-state index in [9.17, 15) is 9.59 Å². The molecule has 2 aliphatic heterocycles. The van der Waals surface area contributed by atoms with Crippen LogP contribution in [0.15, 0.2) is 30.3 Å². The van der Waals surface area contributed by atoms with Crippen LogP contribution in [-0.4, -0.2) is 42.5 Å². The zero-order chi connectivity index (χ0) is 16.1. The SMILES string of the molecule is O=C1CCC(C(=O)N2CCCC(COCc3ccccc3)C2)N1. The Hall–Kier alpha value is -1.88. The van der Waals surface area contributed by atoms with E-state index in [0.29, 0.717) is 32.0 Å². The van der Waals surface area contributed by atoms with Crippen molar-refractivity contribution >= 4 is 11.8 Å². The van der Waals surface area contributed by atoms with E-state index in [-0.39, 0.29) is 17.9 Å². The van der Waals surface area contributed by atoms with E-state index in [1.54, 1.807) is 0 Å². The summed E-state index contributed by atoms with van der Waals surface area (Å²) in [5.74, 6) is 0.445. The fraction of sp³-hybridized carbons (Fsp3) is 0.556. The van der Waals surface area contributed by atoms with Gasteiger partial charge in [-0.25, -0.2) is 0 Å². The fourth-order valence-electron chi connectivity index (χ4n) is 3.34. The van der Waals surface area contributed by atoms with Gasteiger partial charge in [0.15, 0.2) is 0 Å². The normalized spacial score (nSPS) is 24.5. The molecule has 2 aliphatic rings. The average Bonchev–Trinajstić information content (AvgIpc) is 3.02. The molecule has 3 rings (SSSR count). The van der Waals surface area contributed by atoms with Crippen molar-refractivity contribution in [2.45, 2.75) is 38.3 Å². The van der Waals surface area contributed by atoms with Gasteiger partial charge < -0.3 is 15.0 Å². The second kappa shape index (κ2) is 7.59. The third-order valence-electron chi connectivity index (χ3n) is 4.59. The lowest BCUT2D eigenvalue weighted by atomic mass is 9.98. The highest BCUT2D eigenvalue weighted by atomic mass is 16.5. The second-order valence-corrected chi connectivity index (χ2v) is 6.45. The largest absolute Gasteiger partial charge is 0.376 e. The summed E-state index contributed by atoms with van der Waals surface area (Å²) in [6.07, 6.45) is 3.19. The standard InChI is InChI=1S/C18H24N2O3/c21-17-9-8-16(19-17)18(22)20-10-4-7-15(11-20)13-23-12-14-5-2-1-3-6-14/h1-3,5-6,15-16H,4,7-13H2,(H,19,21). The van der Waals surface area contributed by atoms with E-state index in [0.717, 1.165) is 25.9 Å². The molecular weight excluding hydrogens is 292 g/mol. The molecule has 0 saturated carbocycles. The maximum atomic E-state index is 12.5. The molecule has 1 aromatic rings. The zero-order valence-electron chi connectivity index (χ0n) is 13.4. The number of amides is 2. The maximum absolute atomic E-state index is 12.5. The first kappa shape index (κ1) is 16.0. The van der Waals surface area contributed by atoms with Gasteiger partial charge in [-0.05, 0) is 30.7 Å². The number of likely N-dealkylation sites (tertiary alicyclic amines) is 1. The summed E-state index contributed by atoms with van der Waals surface area (Å²) in [6.45, 7) is 2.82. The lowest BCUT2D eigenvalue weighted by Gasteiger charge is -2.34. The number of rotatable bonds is 5. The summed E-state index contributed by atoms with van der Waals surface area (Å²) in [5, 5.41) is 2.77. The van der Waals surface area contributed by atoms with Crippen LogP contribution in [-0.2, 0) is 20.9 Å². The number of ether oxygens (including phenoxy) is 1. The third kappa shape index (κ3) is 4.32. The number of benzene rings is 1. The smallest absolute Gasteiger partial charge is 0.245 e. The molecule has 2 atom stereocenters. The Kier molecular flexibility index (Phi) is 5.28. The molecule has 0 aliphatic carbocycles. The molecule has 2 amide bonds. The number of nitrogens with one attached hydrogen (secondary N) is 1. The van der Waals surface area contributed by atoms with Crippen molar-refractivity contribution in [3.05, 3.63) is 35.9 Å². The van der Waals surface area contributed by atoms with E-state index in [2.05, 4.69) is 17.4 Å². The highest BCUT2D eigenvalue weighted by Crippen LogP contribution is 2.20. The molecule has 2 saturated heterocycles. The second-order valence-electron chi connectivity index (χ2n) is 6.45. The molecular formula is C18H24N2O3. The summed E-state index contributed by atoms with van der Waals surface area (Å²) in [7, 11) is 0. The van der Waals surface area contributed by atoms with Crippen LogP contribution in [0, 0.1) is 5.92 Å². The summed E-state index contributed by atoms with van der Waals surface area (Å²) in [6, 6.07) is 9.81. The monoisotopic (exact) mass is 316 g/mol. The van der Waals surface area contributed by atoms with Crippen molar-refractivity contribution in [3.8, 4) is 0 Å². The lowest BCUT2D eigenvalue weighted by Crippen LogP contribution is -2.49. The van der Waals surface area contributed by atoms with Gasteiger partial charge in [-0.15, -0.1) is 0 Å². The number of carbonyl (C=O) groups is 2. The van der Waals surface area contributed by atoms with E-state index < -0.39 is 0 Å². The van der Waals surface area contributed by atoms with Gasteiger partial charge in [-0.1, -0.05) is 30.3 Å². The molecule has 124 valence electrons. The molecule has 0 bridgehead atoms. The molecule has 5 heteroatoms. The van der Waals surface area contributed by atoms with Crippen molar-refractivity contribution in [2.24, 2.45) is 5.92 Å².